The number of benzene rings is 1. The minimum Gasteiger partial charge on any atom is -0.489 e. The Morgan fingerprint density at radius 3 is 2.67 bits per heavy atom. The lowest BCUT2D eigenvalue weighted by Crippen LogP contribution is -2.30. The molecule has 0 saturated heterocycles. The number of nitrogens with one attached hydrogen (secondary N) is 2. The van der Waals surface area contributed by atoms with Crippen LogP contribution in [0.5, 0.6) is 5.75 Å². The summed E-state index contributed by atoms with van der Waals surface area (Å²) in [7, 11) is 0. The van der Waals surface area contributed by atoms with Crippen molar-refractivity contribution in [2.75, 3.05) is 23.7 Å². The largest absolute Gasteiger partial charge is 0.489 e. The summed E-state index contributed by atoms with van der Waals surface area (Å²) in [6.45, 7) is 10.6. The molecule has 3 nitrogen and oxygen atoms in total. The highest BCUT2D eigenvalue weighted by atomic mass is 16.5. The van der Waals surface area contributed by atoms with Gasteiger partial charge in [-0.3, -0.25) is 0 Å². The van der Waals surface area contributed by atoms with Crippen molar-refractivity contribution in [1.82, 2.24) is 0 Å². The molecule has 0 amide bonds. The molecule has 0 radical (unpaired) electrons. The van der Waals surface area contributed by atoms with Crippen molar-refractivity contribution in [3.63, 3.8) is 0 Å². The van der Waals surface area contributed by atoms with E-state index in [1.807, 2.05) is 12.1 Å². The lowest BCUT2D eigenvalue weighted by Gasteiger charge is -2.26. The van der Waals surface area contributed by atoms with E-state index in [9.17, 15) is 0 Å². The molecule has 1 aliphatic heterocycles. The molecule has 100 valence electrons. The van der Waals surface area contributed by atoms with Gasteiger partial charge >= 0.3 is 0 Å². The summed E-state index contributed by atoms with van der Waals surface area (Å²) in [5.41, 5.74) is 2.53. The molecule has 1 heterocycles. The summed E-state index contributed by atoms with van der Waals surface area (Å²) in [6, 6.07) is 6.18. The maximum absolute atomic E-state index is 5.87. The third-order valence-electron chi connectivity index (χ3n) is 3.64. The Balaban J connectivity index is 2.27. The van der Waals surface area contributed by atoms with Gasteiger partial charge in [0.2, 0.25) is 0 Å². The Kier molecular flexibility index (Phi) is 3.69. The van der Waals surface area contributed by atoms with E-state index < -0.39 is 0 Å². The third kappa shape index (κ3) is 2.71. The van der Waals surface area contributed by atoms with Crippen LogP contribution in [0.15, 0.2) is 18.2 Å². The second-order valence-electron chi connectivity index (χ2n) is 5.72. The molecule has 1 aromatic rings. The summed E-state index contributed by atoms with van der Waals surface area (Å²) in [5, 5.41) is 7.09. The SMILES string of the molecule is CCC1(C)CNc2cccc(OC(C)C)c2NC1. The molecule has 1 aromatic carbocycles. The fourth-order valence-corrected chi connectivity index (χ4v) is 2.14. The molecule has 0 aromatic heterocycles. The molecule has 0 fully saturated rings. The van der Waals surface area contributed by atoms with Crippen LogP contribution in [0.4, 0.5) is 11.4 Å². The number of hydrogen-bond donors (Lipinski definition) is 2. The molecular weight excluding hydrogens is 224 g/mol. The van der Waals surface area contributed by atoms with Crippen LogP contribution in [0.3, 0.4) is 0 Å². The number of para-hydroxylation sites is 1. The Labute approximate surface area is 110 Å². The van der Waals surface area contributed by atoms with E-state index in [0.29, 0.717) is 0 Å². The normalized spacial score (nSPS) is 22.7. The highest BCUT2D eigenvalue weighted by Gasteiger charge is 2.26. The molecule has 3 heteroatoms. The molecular formula is C15H24N2O. The second kappa shape index (κ2) is 5.09. The Morgan fingerprint density at radius 2 is 2.00 bits per heavy atom. The third-order valence-corrected chi connectivity index (χ3v) is 3.64. The van der Waals surface area contributed by atoms with Crippen molar-refractivity contribution >= 4 is 11.4 Å². The topological polar surface area (TPSA) is 33.3 Å². The molecule has 1 aliphatic rings. The van der Waals surface area contributed by atoms with Crippen LogP contribution in [-0.2, 0) is 0 Å². The van der Waals surface area contributed by atoms with Gasteiger partial charge in [-0.05, 0) is 32.4 Å². The van der Waals surface area contributed by atoms with Crippen LogP contribution in [0, 0.1) is 5.41 Å². The summed E-state index contributed by atoms with van der Waals surface area (Å²) in [6.07, 6.45) is 1.35. The fourth-order valence-electron chi connectivity index (χ4n) is 2.14. The average molecular weight is 248 g/mol. The van der Waals surface area contributed by atoms with Gasteiger partial charge in [0.15, 0.2) is 0 Å². The van der Waals surface area contributed by atoms with Crippen molar-refractivity contribution in [2.24, 2.45) is 5.41 Å². The van der Waals surface area contributed by atoms with Gasteiger partial charge in [0.05, 0.1) is 11.8 Å². The van der Waals surface area contributed by atoms with Gasteiger partial charge in [-0.1, -0.05) is 19.9 Å². The maximum atomic E-state index is 5.87. The zero-order chi connectivity index (χ0) is 13.2. The van der Waals surface area contributed by atoms with E-state index in [2.05, 4.69) is 44.4 Å². The molecule has 18 heavy (non-hydrogen) atoms. The molecule has 2 N–H and O–H groups in total. The van der Waals surface area contributed by atoms with Crippen molar-refractivity contribution in [3.8, 4) is 5.75 Å². The molecule has 1 unspecified atom stereocenters. The van der Waals surface area contributed by atoms with Gasteiger partial charge in [-0.25, -0.2) is 0 Å². The fraction of sp³-hybridized carbons (Fsp3) is 0.600. The van der Waals surface area contributed by atoms with Crippen molar-refractivity contribution in [2.45, 2.75) is 40.2 Å². The molecule has 1 atom stereocenters. The molecule has 0 saturated carbocycles. The Bertz CT molecular complexity index is 417. The predicted molar refractivity (Wildman–Crippen MR) is 77.6 cm³/mol. The summed E-state index contributed by atoms with van der Waals surface area (Å²) in [5.74, 6) is 0.940. The van der Waals surface area contributed by atoms with E-state index in [1.165, 1.54) is 0 Å². The highest BCUT2D eigenvalue weighted by Crippen LogP contribution is 2.37. The number of hydrogen-bond acceptors (Lipinski definition) is 3. The summed E-state index contributed by atoms with van der Waals surface area (Å²) >= 11 is 0. The van der Waals surface area contributed by atoms with Crippen LogP contribution in [0.2, 0.25) is 0 Å². The van der Waals surface area contributed by atoms with E-state index in [4.69, 9.17) is 4.74 Å². The summed E-state index contributed by atoms with van der Waals surface area (Å²) in [4.78, 5) is 0. The van der Waals surface area contributed by atoms with Crippen LogP contribution in [-0.4, -0.2) is 19.2 Å². The minimum atomic E-state index is 0.194. The number of ether oxygens (including phenoxy) is 1. The van der Waals surface area contributed by atoms with Gasteiger partial charge in [-0.15, -0.1) is 0 Å². The van der Waals surface area contributed by atoms with E-state index in [-0.39, 0.29) is 11.5 Å². The van der Waals surface area contributed by atoms with Gasteiger partial charge in [-0.2, -0.15) is 0 Å². The van der Waals surface area contributed by atoms with Crippen LogP contribution < -0.4 is 15.4 Å². The number of anilines is 2. The Morgan fingerprint density at radius 1 is 1.28 bits per heavy atom. The quantitative estimate of drug-likeness (QED) is 0.855. The van der Waals surface area contributed by atoms with Crippen LogP contribution in [0.25, 0.3) is 0 Å². The lowest BCUT2D eigenvalue weighted by atomic mass is 9.88. The second-order valence-corrected chi connectivity index (χ2v) is 5.72. The zero-order valence-electron chi connectivity index (χ0n) is 11.8. The van der Waals surface area contributed by atoms with Crippen molar-refractivity contribution < 1.29 is 4.74 Å². The van der Waals surface area contributed by atoms with Crippen LogP contribution >= 0.6 is 0 Å². The van der Waals surface area contributed by atoms with Gasteiger partial charge in [0.25, 0.3) is 0 Å². The first-order valence-electron chi connectivity index (χ1n) is 6.81. The average Bonchev–Trinajstić information content (AvgIpc) is 2.51. The van der Waals surface area contributed by atoms with E-state index >= 15 is 0 Å². The molecule has 2 rings (SSSR count). The monoisotopic (exact) mass is 248 g/mol. The number of fused-ring (bicyclic) bond motifs is 1. The highest BCUT2D eigenvalue weighted by molar-refractivity contribution is 5.76. The maximum Gasteiger partial charge on any atom is 0.144 e. The standard InChI is InChI=1S/C15H24N2O/c1-5-15(4)9-16-12-7-6-8-13(18-11(2)3)14(12)17-10-15/h6-8,11,16-17H,5,9-10H2,1-4H3. The zero-order valence-corrected chi connectivity index (χ0v) is 11.8. The van der Waals surface area contributed by atoms with E-state index in [0.717, 1.165) is 36.6 Å². The van der Waals surface area contributed by atoms with Crippen molar-refractivity contribution in [3.05, 3.63) is 18.2 Å². The number of rotatable bonds is 3. The van der Waals surface area contributed by atoms with Crippen molar-refractivity contribution in [1.29, 1.82) is 0 Å². The lowest BCUT2D eigenvalue weighted by molar-refractivity contribution is 0.243. The molecule has 0 spiro atoms. The van der Waals surface area contributed by atoms with Gasteiger partial charge in [0.1, 0.15) is 11.4 Å². The van der Waals surface area contributed by atoms with E-state index in [1.54, 1.807) is 0 Å². The molecule has 0 aliphatic carbocycles. The van der Waals surface area contributed by atoms with Crippen LogP contribution in [0.1, 0.15) is 34.1 Å². The summed E-state index contributed by atoms with van der Waals surface area (Å²) < 4.78 is 5.87. The first kappa shape index (κ1) is 13.1. The molecule has 0 bridgehead atoms. The first-order chi connectivity index (χ1) is 8.54. The predicted octanol–water partition coefficient (Wildman–Crippen LogP) is 3.73. The first-order valence-corrected chi connectivity index (χ1v) is 6.81. The smallest absolute Gasteiger partial charge is 0.144 e. The van der Waals surface area contributed by atoms with Gasteiger partial charge in [0, 0.05) is 18.5 Å². The minimum absolute atomic E-state index is 0.194. The van der Waals surface area contributed by atoms with Gasteiger partial charge < -0.3 is 15.4 Å². The Hall–Kier alpha value is -1.38.